The predicted octanol–water partition coefficient (Wildman–Crippen LogP) is 1.74. The maximum Gasteiger partial charge on any atom is 0.176 e. The summed E-state index contributed by atoms with van der Waals surface area (Å²) in [5.74, 6) is 1.57. The third-order valence-electron chi connectivity index (χ3n) is 2.59. The van der Waals surface area contributed by atoms with Crippen LogP contribution in [0.4, 0.5) is 0 Å². The molecule has 2 N–H and O–H groups in total. The minimum Gasteiger partial charge on any atom is -0.390 e. The molecule has 0 bridgehead atoms. The molecule has 0 unspecified atom stereocenters. The van der Waals surface area contributed by atoms with Gasteiger partial charge in [0.1, 0.15) is 0 Å². The lowest BCUT2D eigenvalue weighted by Crippen LogP contribution is -2.21. The van der Waals surface area contributed by atoms with E-state index in [1.54, 1.807) is 26.2 Å². The first kappa shape index (κ1) is 11.9. The number of aromatic amines is 1. The number of nitrogens with zero attached hydrogens (tertiary/aromatic N) is 3. The number of aliphatic hydroxyl groups is 1. The third kappa shape index (κ3) is 2.94. The average Bonchev–Trinajstić information content (AvgIpc) is 2.81. The lowest BCUT2D eigenvalue weighted by atomic mass is 10.1. The number of nitrogens with one attached hydrogen (secondary N) is 1. The van der Waals surface area contributed by atoms with Crippen LogP contribution in [0.25, 0.3) is 11.6 Å². The highest BCUT2D eigenvalue weighted by atomic mass is 16.3. The Labute approximate surface area is 101 Å². The fraction of sp³-hybridized carbons (Fsp3) is 0.500. The summed E-state index contributed by atoms with van der Waals surface area (Å²) in [5.41, 5.74) is 0.345. The normalized spacial score (nSPS) is 12.0. The number of rotatable bonds is 4. The van der Waals surface area contributed by atoms with Gasteiger partial charge in [-0.15, -0.1) is 0 Å². The molecule has 2 aromatic rings. The topological polar surface area (TPSA) is 66.7 Å². The second-order valence-corrected chi connectivity index (χ2v) is 4.92. The SMILES string of the molecule is Cc1cnc(-c2nccn2CCC(C)(C)O)[nH]1. The van der Waals surface area contributed by atoms with Crippen molar-refractivity contribution in [2.24, 2.45) is 0 Å². The summed E-state index contributed by atoms with van der Waals surface area (Å²) in [4.78, 5) is 11.7. The molecule has 0 aliphatic heterocycles. The minimum absolute atomic E-state index is 0.666. The maximum absolute atomic E-state index is 9.72. The van der Waals surface area contributed by atoms with Crippen molar-refractivity contribution in [3.8, 4) is 11.6 Å². The summed E-state index contributed by atoms with van der Waals surface area (Å²) in [6.45, 7) is 6.29. The molecule has 92 valence electrons. The number of aromatic nitrogens is 4. The van der Waals surface area contributed by atoms with Gasteiger partial charge in [0.2, 0.25) is 0 Å². The zero-order chi connectivity index (χ0) is 12.5. The molecule has 0 amide bonds. The molecule has 0 atom stereocenters. The molecule has 0 aliphatic rings. The molecule has 2 aromatic heterocycles. The van der Waals surface area contributed by atoms with Crippen LogP contribution in [0.1, 0.15) is 26.0 Å². The van der Waals surface area contributed by atoms with E-state index in [1.165, 1.54) is 0 Å². The Hall–Kier alpha value is -1.62. The summed E-state index contributed by atoms with van der Waals surface area (Å²) in [6.07, 6.45) is 6.11. The van der Waals surface area contributed by atoms with Crippen molar-refractivity contribution in [3.63, 3.8) is 0 Å². The first-order valence-electron chi connectivity index (χ1n) is 5.71. The average molecular weight is 234 g/mol. The third-order valence-corrected chi connectivity index (χ3v) is 2.59. The largest absolute Gasteiger partial charge is 0.390 e. The van der Waals surface area contributed by atoms with Crippen molar-refractivity contribution in [1.29, 1.82) is 0 Å². The van der Waals surface area contributed by atoms with Crippen LogP contribution in [0.2, 0.25) is 0 Å². The predicted molar refractivity (Wildman–Crippen MR) is 65.5 cm³/mol. The zero-order valence-electron chi connectivity index (χ0n) is 10.4. The van der Waals surface area contributed by atoms with Gasteiger partial charge in [-0.3, -0.25) is 0 Å². The van der Waals surface area contributed by atoms with Crippen LogP contribution < -0.4 is 0 Å². The van der Waals surface area contributed by atoms with Crippen molar-refractivity contribution in [1.82, 2.24) is 19.5 Å². The molecule has 5 nitrogen and oxygen atoms in total. The van der Waals surface area contributed by atoms with Gasteiger partial charge in [-0.1, -0.05) is 0 Å². The van der Waals surface area contributed by atoms with E-state index in [0.717, 1.165) is 23.9 Å². The number of H-pyrrole nitrogens is 1. The highest BCUT2D eigenvalue weighted by molar-refractivity contribution is 5.44. The quantitative estimate of drug-likeness (QED) is 0.846. The standard InChI is InChI=1S/C12H18N4O/c1-9-8-14-10(15-9)11-13-5-7-16(11)6-4-12(2,3)17/h5,7-8,17H,4,6H2,1-3H3,(H,14,15). The van der Waals surface area contributed by atoms with Gasteiger partial charge in [-0.05, 0) is 27.2 Å². The van der Waals surface area contributed by atoms with E-state index in [4.69, 9.17) is 0 Å². The van der Waals surface area contributed by atoms with Crippen LogP contribution in [0.3, 0.4) is 0 Å². The van der Waals surface area contributed by atoms with Gasteiger partial charge >= 0.3 is 0 Å². The van der Waals surface area contributed by atoms with Gasteiger partial charge in [0.15, 0.2) is 11.6 Å². The Morgan fingerprint density at radius 3 is 2.76 bits per heavy atom. The smallest absolute Gasteiger partial charge is 0.176 e. The lowest BCUT2D eigenvalue weighted by molar-refractivity contribution is 0.0663. The fourth-order valence-corrected chi connectivity index (χ4v) is 1.63. The summed E-state index contributed by atoms with van der Waals surface area (Å²) >= 11 is 0. The molecule has 17 heavy (non-hydrogen) atoms. The summed E-state index contributed by atoms with van der Waals surface area (Å²) in [6, 6.07) is 0. The van der Waals surface area contributed by atoms with Crippen LogP contribution in [-0.2, 0) is 6.54 Å². The van der Waals surface area contributed by atoms with Crippen LogP contribution >= 0.6 is 0 Å². The Morgan fingerprint density at radius 2 is 2.18 bits per heavy atom. The maximum atomic E-state index is 9.72. The minimum atomic E-state index is -0.666. The summed E-state index contributed by atoms with van der Waals surface area (Å²) in [5, 5.41) is 9.72. The molecule has 5 heteroatoms. The highest BCUT2D eigenvalue weighted by Crippen LogP contribution is 2.16. The van der Waals surface area contributed by atoms with Gasteiger partial charge in [0.05, 0.1) is 5.60 Å². The highest BCUT2D eigenvalue weighted by Gasteiger charge is 2.15. The van der Waals surface area contributed by atoms with E-state index in [9.17, 15) is 5.11 Å². The molecule has 0 saturated heterocycles. The van der Waals surface area contributed by atoms with Crippen LogP contribution in [0.15, 0.2) is 18.6 Å². The molecule has 2 rings (SSSR count). The van der Waals surface area contributed by atoms with Gasteiger partial charge in [0, 0.05) is 30.8 Å². The number of aryl methyl sites for hydroxylation is 2. The molecular weight excluding hydrogens is 216 g/mol. The van der Waals surface area contributed by atoms with Crippen molar-refractivity contribution < 1.29 is 5.11 Å². The Kier molecular flexibility index (Phi) is 3.02. The van der Waals surface area contributed by atoms with Crippen molar-refractivity contribution >= 4 is 0 Å². The Bertz CT molecular complexity index is 493. The van der Waals surface area contributed by atoms with Gasteiger partial charge in [-0.25, -0.2) is 9.97 Å². The number of hydrogen-bond donors (Lipinski definition) is 2. The van der Waals surface area contributed by atoms with Crippen LogP contribution in [0, 0.1) is 6.92 Å². The second kappa shape index (κ2) is 4.33. The van der Waals surface area contributed by atoms with E-state index < -0.39 is 5.60 Å². The van der Waals surface area contributed by atoms with E-state index in [2.05, 4.69) is 15.0 Å². The Balaban J connectivity index is 2.17. The second-order valence-electron chi connectivity index (χ2n) is 4.92. The van der Waals surface area contributed by atoms with E-state index in [1.807, 2.05) is 17.7 Å². The van der Waals surface area contributed by atoms with Crippen molar-refractivity contribution in [3.05, 3.63) is 24.3 Å². The molecule has 0 aromatic carbocycles. The number of hydrogen-bond acceptors (Lipinski definition) is 3. The molecule has 0 aliphatic carbocycles. The molecule has 0 radical (unpaired) electrons. The molecule has 0 spiro atoms. The van der Waals surface area contributed by atoms with E-state index in [-0.39, 0.29) is 0 Å². The summed E-state index contributed by atoms with van der Waals surface area (Å²) < 4.78 is 2.00. The summed E-state index contributed by atoms with van der Waals surface area (Å²) in [7, 11) is 0. The van der Waals surface area contributed by atoms with Gasteiger partial charge in [0.25, 0.3) is 0 Å². The van der Waals surface area contributed by atoms with Crippen LogP contribution in [0.5, 0.6) is 0 Å². The van der Waals surface area contributed by atoms with Crippen molar-refractivity contribution in [2.45, 2.75) is 39.3 Å². The van der Waals surface area contributed by atoms with E-state index in [0.29, 0.717) is 6.42 Å². The first-order chi connectivity index (χ1) is 7.96. The lowest BCUT2D eigenvalue weighted by Gasteiger charge is -2.17. The molecular formula is C12H18N4O. The van der Waals surface area contributed by atoms with Gasteiger partial charge in [-0.2, -0.15) is 0 Å². The van der Waals surface area contributed by atoms with Crippen LogP contribution in [-0.4, -0.2) is 30.2 Å². The number of imidazole rings is 2. The van der Waals surface area contributed by atoms with Gasteiger partial charge < -0.3 is 14.7 Å². The molecule has 2 heterocycles. The fourth-order valence-electron chi connectivity index (χ4n) is 1.63. The monoisotopic (exact) mass is 234 g/mol. The zero-order valence-corrected chi connectivity index (χ0v) is 10.4. The Morgan fingerprint density at radius 1 is 1.41 bits per heavy atom. The van der Waals surface area contributed by atoms with Crippen molar-refractivity contribution in [2.75, 3.05) is 0 Å². The molecule has 0 saturated carbocycles. The first-order valence-corrected chi connectivity index (χ1v) is 5.71. The molecule has 0 fully saturated rings. The van der Waals surface area contributed by atoms with E-state index >= 15 is 0 Å².